The van der Waals surface area contributed by atoms with Gasteiger partial charge in [0.15, 0.2) is 0 Å². The first kappa shape index (κ1) is 16.0. The van der Waals surface area contributed by atoms with Gasteiger partial charge in [0.1, 0.15) is 0 Å². The summed E-state index contributed by atoms with van der Waals surface area (Å²) < 4.78 is 25.0. The molecule has 0 saturated carbocycles. The zero-order valence-electron chi connectivity index (χ0n) is 10.9. The van der Waals surface area contributed by atoms with Crippen LogP contribution in [0.3, 0.4) is 0 Å². The van der Waals surface area contributed by atoms with Gasteiger partial charge >= 0.3 is 0 Å². The lowest BCUT2D eigenvalue weighted by Crippen LogP contribution is -2.21. The summed E-state index contributed by atoms with van der Waals surface area (Å²) >= 11 is 4.69. The van der Waals surface area contributed by atoms with Gasteiger partial charge in [-0.3, -0.25) is 9.52 Å². The van der Waals surface area contributed by atoms with E-state index in [9.17, 15) is 13.2 Å². The predicted octanol–water partition coefficient (Wildman–Crippen LogP) is 2.69. The van der Waals surface area contributed by atoms with Crippen molar-refractivity contribution in [3.05, 3.63) is 44.6 Å². The molecule has 2 aromatic rings. The van der Waals surface area contributed by atoms with Crippen LogP contribution in [0, 0.1) is 6.92 Å². The Morgan fingerprint density at radius 1 is 1.29 bits per heavy atom. The van der Waals surface area contributed by atoms with Crippen molar-refractivity contribution in [1.82, 2.24) is 0 Å². The zero-order chi connectivity index (χ0) is 15.6. The molecule has 0 aliphatic rings. The third-order valence-electron chi connectivity index (χ3n) is 2.46. The molecule has 0 saturated heterocycles. The Morgan fingerprint density at radius 2 is 1.95 bits per heavy atom. The number of hydrogen-bond donors (Lipinski definition) is 3. The first-order valence-corrected chi connectivity index (χ1v) is 8.88. The summed E-state index contributed by atoms with van der Waals surface area (Å²) in [5, 5.41) is 7.60. The molecule has 0 fully saturated rings. The molecule has 0 aliphatic carbocycles. The van der Waals surface area contributed by atoms with E-state index in [1.54, 1.807) is 18.2 Å². The maximum atomic E-state index is 12.1. The van der Waals surface area contributed by atoms with Gasteiger partial charge in [-0.15, -0.1) is 11.3 Å². The van der Waals surface area contributed by atoms with Crippen LogP contribution in [-0.4, -0.2) is 14.3 Å². The summed E-state index contributed by atoms with van der Waals surface area (Å²) in [7, 11) is -3.84. The molecule has 6 nitrogen and oxygen atoms in total. The molecule has 0 spiro atoms. The standard InChI is InChI=1S/C12H12BrN3O3S2/c1-7-5-10(20-11(7)13)12(17)15-8-3-2-4-9(6-8)16-21(14,18)19/h2-6,16H,1H3,(H,15,17)(H2,14,18,19). The van der Waals surface area contributed by atoms with E-state index in [0.717, 1.165) is 9.35 Å². The Morgan fingerprint density at radius 3 is 2.52 bits per heavy atom. The summed E-state index contributed by atoms with van der Waals surface area (Å²) in [6.45, 7) is 1.90. The number of amides is 1. The van der Waals surface area contributed by atoms with Gasteiger partial charge in [0.05, 0.1) is 14.4 Å². The average Bonchev–Trinajstić information content (AvgIpc) is 2.68. The smallest absolute Gasteiger partial charge is 0.296 e. The number of hydrogen-bond acceptors (Lipinski definition) is 4. The average molecular weight is 390 g/mol. The summed E-state index contributed by atoms with van der Waals surface area (Å²) in [6, 6.07) is 8.06. The highest BCUT2D eigenvalue weighted by atomic mass is 79.9. The van der Waals surface area contributed by atoms with Gasteiger partial charge in [-0.2, -0.15) is 8.42 Å². The Kier molecular flexibility index (Phi) is 4.67. The van der Waals surface area contributed by atoms with E-state index < -0.39 is 10.2 Å². The fourth-order valence-corrected chi connectivity index (χ4v) is 3.47. The maximum Gasteiger partial charge on any atom is 0.296 e. The van der Waals surface area contributed by atoms with Crippen molar-refractivity contribution in [3.8, 4) is 0 Å². The van der Waals surface area contributed by atoms with Crippen LogP contribution in [0.1, 0.15) is 15.2 Å². The minimum atomic E-state index is -3.84. The molecule has 1 amide bonds. The van der Waals surface area contributed by atoms with Crippen LogP contribution in [-0.2, 0) is 10.2 Å². The largest absolute Gasteiger partial charge is 0.321 e. The van der Waals surface area contributed by atoms with Crippen LogP contribution >= 0.6 is 27.3 Å². The summed E-state index contributed by atoms with van der Waals surface area (Å²) in [5.41, 5.74) is 1.73. The molecule has 21 heavy (non-hydrogen) atoms. The van der Waals surface area contributed by atoms with E-state index in [1.165, 1.54) is 23.5 Å². The fourth-order valence-electron chi connectivity index (χ4n) is 1.59. The SMILES string of the molecule is Cc1cc(C(=O)Nc2cccc(NS(N)(=O)=O)c2)sc1Br. The summed E-state index contributed by atoms with van der Waals surface area (Å²) in [4.78, 5) is 12.7. The van der Waals surface area contributed by atoms with Gasteiger partial charge in [-0.25, -0.2) is 5.14 Å². The Balaban J connectivity index is 2.16. The molecule has 4 N–H and O–H groups in total. The molecule has 0 bridgehead atoms. The highest BCUT2D eigenvalue weighted by molar-refractivity contribution is 9.11. The molecule has 0 radical (unpaired) electrons. The fraction of sp³-hybridized carbons (Fsp3) is 0.0833. The second-order valence-corrected chi connectivity index (χ2v) is 7.91. The minimum Gasteiger partial charge on any atom is -0.321 e. The van der Waals surface area contributed by atoms with Crippen LogP contribution in [0.15, 0.2) is 34.1 Å². The van der Waals surface area contributed by atoms with E-state index in [2.05, 4.69) is 26.0 Å². The number of nitrogens with two attached hydrogens (primary N) is 1. The first-order valence-electron chi connectivity index (χ1n) is 5.72. The van der Waals surface area contributed by atoms with Gasteiger partial charge in [-0.1, -0.05) is 6.07 Å². The van der Waals surface area contributed by atoms with Crippen molar-refractivity contribution in [2.75, 3.05) is 10.0 Å². The molecule has 112 valence electrons. The van der Waals surface area contributed by atoms with E-state index in [4.69, 9.17) is 5.14 Å². The number of thiophene rings is 1. The zero-order valence-corrected chi connectivity index (χ0v) is 14.1. The van der Waals surface area contributed by atoms with E-state index >= 15 is 0 Å². The lowest BCUT2D eigenvalue weighted by Gasteiger charge is -2.07. The van der Waals surface area contributed by atoms with Gasteiger partial charge < -0.3 is 5.32 Å². The molecule has 1 aromatic heterocycles. The highest BCUT2D eigenvalue weighted by Gasteiger charge is 2.12. The van der Waals surface area contributed by atoms with Crippen LogP contribution in [0.4, 0.5) is 11.4 Å². The van der Waals surface area contributed by atoms with Gasteiger partial charge in [-0.05, 0) is 52.7 Å². The number of halogens is 1. The number of anilines is 2. The number of nitrogens with one attached hydrogen (secondary N) is 2. The van der Waals surface area contributed by atoms with Crippen LogP contribution in [0.2, 0.25) is 0 Å². The lowest BCUT2D eigenvalue weighted by atomic mass is 10.2. The van der Waals surface area contributed by atoms with Crippen LogP contribution < -0.4 is 15.2 Å². The Hall–Kier alpha value is -1.42. The number of aryl methyl sites for hydroxylation is 1. The van der Waals surface area contributed by atoms with Crippen molar-refractivity contribution < 1.29 is 13.2 Å². The molecule has 0 aliphatic heterocycles. The molecule has 9 heteroatoms. The predicted molar refractivity (Wildman–Crippen MR) is 87.9 cm³/mol. The molecule has 0 atom stereocenters. The van der Waals surface area contributed by atoms with Crippen molar-refractivity contribution in [2.24, 2.45) is 5.14 Å². The lowest BCUT2D eigenvalue weighted by molar-refractivity contribution is 0.103. The quantitative estimate of drug-likeness (QED) is 0.748. The van der Waals surface area contributed by atoms with Gasteiger partial charge in [0, 0.05) is 5.69 Å². The summed E-state index contributed by atoms with van der Waals surface area (Å²) in [6.07, 6.45) is 0. The Bertz CT molecular complexity index is 767. The van der Waals surface area contributed by atoms with Crippen molar-refractivity contribution >= 4 is 54.8 Å². The van der Waals surface area contributed by atoms with Crippen molar-refractivity contribution in [1.29, 1.82) is 0 Å². The molecular formula is C12H12BrN3O3S2. The van der Waals surface area contributed by atoms with Gasteiger partial charge in [0.25, 0.3) is 16.1 Å². The second kappa shape index (κ2) is 6.14. The Labute approximate surface area is 134 Å². The van der Waals surface area contributed by atoms with Crippen LogP contribution in [0.5, 0.6) is 0 Å². The molecule has 1 aromatic carbocycles. The number of carbonyl (C=O) groups excluding carboxylic acids is 1. The minimum absolute atomic E-state index is 0.262. The number of rotatable bonds is 4. The third kappa shape index (κ3) is 4.53. The van der Waals surface area contributed by atoms with Crippen LogP contribution in [0.25, 0.3) is 0 Å². The van der Waals surface area contributed by atoms with Gasteiger partial charge in [0.2, 0.25) is 0 Å². The van der Waals surface area contributed by atoms with E-state index in [0.29, 0.717) is 10.6 Å². The third-order valence-corrected chi connectivity index (χ3v) is 5.12. The maximum absolute atomic E-state index is 12.1. The first-order chi connectivity index (χ1) is 9.74. The normalized spacial score (nSPS) is 11.2. The monoisotopic (exact) mass is 389 g/mol. The molecule has 2 rings (SSSR count). The number of carbonyl (C=O) groups is 1. The molecule has 1 heterocycles. The van der Waals surface area contributed by atoms with Crippen molar-refractivity contribution in [3.63, 3.8) is 0 Å². The molecule has 0 unspecified atom stereocenters. The summed E-state index contributed by atoms with van der Waals surface area (Å²) in [5.74, 6) is -0.262. The van der Waals surface area contributed by atoms with E-state index in [1.807, 2.05) is 6.92 Å². The topological polar surface area (TPSA) is 101 Å². The van der Waals surface area contributed by atoms with E-state index in [-0.39, 0.29) is 11.6 Å². The number of benzene rings is 1. The highest BCUT2D eigenvalue weighted by Crippen LogP contribution is 2.28. The second-order valence-electron chi connectivity index (χ2n) is 4.25. The molecular weight excluding hydrogens is 378 g/mol. The van der Waals surface area contributed by atoms with Crippen molar-refractivity contribution in [2.45, 2.75) is 6.92 Å².